The molecule has 1 aliphatic rings. The summed E-state index contributed by atoms with van der Waals surface area (Å²) in [5, 5.41) is -1.48. The smallest absolute Gasteiger partial charge is 0.311 e. The van der Waals surface area contributed by atoms with E-state index in [1.54, 1.807) is 0 Å². The van der Waals surface area contributed by atoms with Crippen molar-refractivity contribution in [3.8, 4) is 0 Å². The maximum absolute atomic E-state index is 12.9. The van der Waals surface area contributed by atoms with E-state index in [0.717, 1.165) is 11.0 Å². The Morgan fingerprint density at radius 2 is 1.95 bits per heavy atom. The molecular weight excluding hydrogens is 334 g/mol. The van der Waals surface area contributed by atoms with E-state index >= 15 is 0 Å². The van der Waals surface area contributed by atoms with Crippen LogP contribution in [0.25, 0.3) is 0 Å². The number of anilines is 1. The third kappa shape index (κ3) is 4.10. The van der Waals surface area contributed by atoms with E-state index in [2.05, 4.69) is 0 Å². The van der Waals surface area contributed by atoms with Crippen LogP contribution in [0.5, 0.6) is 0 Å². The number of halogens is 4. The van der Waals surface area contributed by atoms with Crippen molar-refractivity contribution in [2.24, 2.45) is 0 Å². The van der Waals surface area contributed by atoms with E-state index in [1.807, 2.05) is 0 Å². The number of thioether (sulfide) groups is 1. The average molecular weight is 343 g/mol. The Bertz CT molecular complexity index is 660. The Morgan fingerprint density at radius 3 is 2.48 bits per heavy atom. The predicted octanol–water partition coefficient (Wildman–Crippen LogP) is 2.70. The number of nitrogens with zero attached hydrogens (tertiary/aromatic N) is 1. The number of carbonyl (C=O) groups excluding carboxylic acids is 1. The molecular formula is C11H9F4NO3S2. The molecule has 1 fully saturated rings. The fourth-order valence-electron chi connectivity index (χ4n) is 1.96. The number of carbonyl (C=O) groups is 1. The second-order valence-electron chi connectivity index (χ2n) is 4.35. The van der Waals surface area contributed by atoms with Crippen molar-refractivity contribution < 1.29 is 30.3 Å². The zero-order chi connectivity index (χ0) is 15.8. The van der Waals surface area contributed by atoms with Crippen molar-refractivity contribution >= 4 is 33.6 Å². The minimum absolute atomic E-state index is 0.111. The van der Waals surface area contributed by atoms with Crippen molar-refractivity contribution in [3.05, 3.63) is 24.3 Å². The molecule has 1 aromatic rings. The number of rotatable bonds is 3. The van der Waals surface area contributed by atoms with Crippen LogP contribution in [0.1, 0.15) is 6.42 Å². The van der Waals surface area contributed by atoms with Crippen molar-refractivity contribution in [3.63, 3.8) is 0 Å². The van der Waals surface area contributed by atoms with Crippen molar-refractivity contribution in [1.29, 1.82) is 0 Å². The lowest BCUT2D eigenvalue weighted by Crippen LogP contribution is -2.26. The number of benzene rings is 1. The van der Waals surface area contributed by atoms with Crippen LogP contribution in [0, 0.1) is 0 Å². The lowest BCUT2D eigenvalue weighted by Gasteiger charge is -2.17. The molecule has 21 heavy (non-hydrogen) atoms. The zero-order valence-corrected chi connectivity index (χ0v) is 11.9. The number of hydrogen-bond donors (Lipinski definition) is 0. The van der Waals surface area contributed by atoms with E-state index in [1.165, 1.54) is 18.2 Å². The Morgan fingerprint density at radius 1 is 1.29 bits per heavy atom. The number of hydrogen-bond acceptors (Lipinski definition) is 4. The van der Waals surface area contributed by atoms with E-state index < -0.39 is 39.9 Å². The molecule has 1 heterocycles. The maximum Gasteiger partial charge on any atom is 0.446 e. The van der Waals surface area contributed by atoms with Crippen LogP contribution >= 0.6 is 11.8 Å². The highest BCUT2D eigenvalue weighted by Crippen LogP contribution is 2.38. The first-order valence-corrected chi connectivity index (χ1v) is 7.92. The minimum atomic E-state index is -4.86. The van der Waals surface area contributed by atoms with Crippen LogP contribution in [0.2, 0.25) is 0 Å². The summed E-state index contributed by atoms with van der Waals surface area (Å²) in [6.07, 6.45) is -0.518. The first-order chi connectivity index (χ1) is 9.56. The molecule has 116 valence electrons. The second kappa shape index (κ2) is 5.48. The highest BCUT2D eigenvalue weighted by Gasteiger charge is 2.39. The molecule has 0 bridgehead atoms. The zero-order valence-electron chi connectivity index (χ0n) is 10.3. The summed E-state index contributed by atoms with van der Waals surface area (Å²) in [5.74, 6) is -0.643. The monoisotopic (exact) mass is 343 g/mol. The van der Waals surface area contributed by atoms with Gasteiger partial charge in [0.25, 0.3) is 0 Å². The van der Waals surface area contributed by atoms with Gasteiger partial charge < -0.3 is 4.90 Å². The first-order valence-electron chi connectivity index (χ1n) is 5.66. The molecule has 2 rings (SSSR count). The Hall–Kier alpha value is -1.29. The van der Waals surface area contributed by atoms with Gasteiger partial charge in [-0.1, -0.05) is 6.07 Å². The van der Waals surface area contributed by atoms with E-state index in [9.17, 15) is 30.3 Å². The van der Waals surface area contributed by atoms with Crippen molar-refractivity contribution in [2.75, 3.05) is 11.4 Å². The molecule has 0 aromatic heterocycles. The number of amides is 1. The van der Waals surface area contributed by atoms with Gasteiger partial charge in [0, 0.05) is 23.5 Å². The quantitative estimate of drug-likeness (QED) is 0.481. The molecule has 0 spiro atoms. The Balaban J connectivity index is 2.23. The average Bonchev–Trinajstić information content (AvgIpc) is 2.69. The van der Waals surface area contributed by atoms with E-state index in [4.69, 9.17) is 0 Å². The van der Waals surface area contributed by atoms with Gasteiger partial charge >= 0.3 is 15.7 Å². The van der Waals surface area contributed by atoms with Gasteiger partial charge in [0.2, 0.25) is 5.91 Å². The molecule has 4 nitrogen and oxygen atoms in total. The Kier molecular flexibility index (Phi) is 4.20. The second-order valence-corrected chi connectivity index (χ2v) is 7.11. The normalized spacial score (nSPS) is 20.1. The third-order valence-corrected chi connectivity index (χ3v) is 4.68. The summed E-state index contributed by atoms with van der Waals surface area (Å²) in [6.45, 7) is -0.405. The van der Waals surface area contributed by atoms with Crippen LogP contribution in [0.3, 0.4) is 0 Å². The Labute approximate surface area is 122 Å². The van der Waals surface area contributed by atoms with Crippen LogP contribution in [0.15, 0.2) is 29.2 Å². The van der Waals surface area contributed by atoms with Gasteiger partial charge in [-0.15, -0.1) is 3.89 Å². The minimum Gasteiger partial charge on any atom is -0.311 e. The van der Waals surface area contributed by atoms with Gasteiger partial charge in [0.15, 0.2) is 0 Å². The van der Waals surface area contributed by atoms with Gasteiger partial charge in [0.1, 0.15) is 5.25 Å². The SMILES string of the molecule is O=C1CC(S(=O)(=O)F)CN1c1cccc(SC(F)(F)F)c1. The number of alkyl halides is 3. The highest BCUT2D eigenvalue weighted by molar-refractivity contribution is 8.00. The lowest BCUT2D eigenvalue weighted by molar-refractivity contribution is -0.117. The molecule has 1 saturated heterocycles. The standard InChI is InChI=1S/C11H9F4NO3S2/c12-11(13,14)20-8-3-1-2-7(4-8)16-6-9(5-10(16)17)21(15,18)19/h1-4,9H,5-6H2. The van der Waals surface area contributed by atoms with Gasteiger partial charge in [-0.05, 0) is 30.0 Å². The molecule has 0 aliphatic carbocycles. The summed E-state index contributed by atoms with van der Waals surface area (Å²) in [4.78, 5) is 12.5. The fraction of sp³-hybridized carbons (Fsp3) is 0.364. The molecule has 1 unspecified atom stereocenters. The molecule has 0 N–H and O–H groups in total. The third-order valence-electron chi connectivity index (χ3n) is 2.85. The molecule has 1 amide bonds. The molecule has 0 saturated carbocycles. The van der Waals surface area contributed by atoms with Crippen molar-refractivity contribution in [1.82, 2.24) is 0 Å². The van der Waals surface area contributed by atoms with Crippen LogP contribution < -0.4 is 4.90 Å². The van der Waals surface area contributed by atoms with Crippen LogP contribution in [0.4, 0.5) is 22.7 Å². The van der Waals surface area contributed by atoms with E-state index in [0.29, 0.717) is 0 Å². The summed E-state index contributed by atoms with van der Waals surface area (Å²) < 4.78 is 71.4. The summed E-state index contributed by atoms with van der Waals surface area (Å²) in [7, 11) is -4.86. The largest absolute Gasteiger partial charge is 0.446 e. The molecule has 1 aliphatic heterocycles. The van der Waals surface area contributed by atoms with E-state index in [-0.39, 0.29) is 22.3 Å². The van der Waals surface area contributed by atoms with Crippen LogP contribution in [-0.4, -0.2) is 31.6 Å². The highest BCUT2D eigenvalue weighted by atomic mass is 32.3. The predicted molar refractivity (Wildman–Crippen MR) is 69.1 cm³/mol. The summed E-state index contributed by atoms with van der Waals surface area (Å²) in [5.41, 5.74) is -4.36. The molecule has 1 atom stereocenters. The summed E-state index contributed by atoms with van der Waals surface area (Å²) in [6, 6.07) is 5.01. The topological polar surface area (TPSA) is 54.5 Å². The molecule has 1 aromatic carbocycles. The molecule has 0 radical (unpaired) electrons. The van der Waals surface area contributed by atoms with Gasteiger partial charge in [-0.2, -0.15) is 21.6 Å². The maximum atomic E-state index is 12.9. The van der Waals surface area contributed by atoms with Crippen molar-refractivity contribution in [2.45, 2.75) is 22.1 Å². The molecule has 10 heteroatoms. The lowest BCUT2D eigenvalue weighted by atomic mass is 10.3. The van der Waals surface area contributed by atoms with Gasteiger partial charge in [-0.25, -0.2) is 0 Å². The van der Waals surface area contributed by atoms with Gasteiger partial charge in [-0.3, -0.25) is 4.79 Å². The van der Waals surface area contributed by atoms with Crippen LogP contribution in [-0.2, 0) is 15.0 Å². The van der Waals surface area contributed by atoms with Gasteiger partial charge in [0.05, 0.1) is 0 Å². The fourth-order valence-corrected chi connectivity index (χ4v) is 3.22. The first kappa shape index (κ1) is 16.1. The summed E-state index contributed by atoms with van der Waals surface area (Å²) >= 11 is -0.349.